The van der Waals surface area contributed by atoms with E-state index in [2.05, 4.69) is 51.4 Å². The topological polar surface area (TPSA) is 69.9 Å². The van der Waals surface area contributed by atoms with Gasteiger partial charge in [0.1, 0.15) is 5.75 Å². The van der Waals surface area contributed by atoms with Crippen molar-refractivity contribution in [2.45, 2.75) is 38.6 Å². The van der Waals surface area contributed by atoms with E-state index in [1.54, 1.807) is 6.20 Å². The van der Waals surface area contributed by atoms with Crippen LogP contribution in [0.15, 0.2) is 79.4 Å². The fourth-order valence-corrected chi connectivity index (χ4v) is 4.84. The molecule has 0 bridgehead atoms. The van der Waals surface area contributed by atoms with Crippen LogP contribution >= 0.6 is 0 Å². The molecule has 0 radical (unpaired) electrons. The highest BCUT2D eigenvalue weighted by molar-refractivity contribution is 5.70. The van der Waals surface area contributed by atoms with E-state index in [4.69, 9.17) is 9.84 Å². The lowest BCUT2D eigenvalue weighted by atomic mass is 9.83. The van der Waals surface area contributed by atoms with Crippen molar-refractivity contribution in [3.05, 3.63) is 107 Å². The Bertz CT molecular complexity index is 1200. The van der Waals surface area contributed by atoms with Crippen molar-refractivity contribution in [3.63, 3.8) is 0 Å². The van der Waals surface area contributed by atoms with Crippen LogP contribution < -0.4 is 4.74 Å². The van der Waals surface area contributed by atoms with E-state index < -0.39 is 0 Å². The van der Waals surface area contributed by atoms with E-state index in [0.717, 1.165) is 36.9 Å². The normalized spacial score (nSPS) is 16.1. The number of carbonyl (C=O) groups excluding carboxylic acids is 1. The van der Waals surface area contributed by atoms with Gasteiger partial charge >= 0.3 is 5.97 Å². The lowest BCUT2D eigenvalue weighted by Gasteiger charge is -2.26. The van der Waals surface area contributed by atoms with Crippen molar-refractivity contribution in [2.24, 2.45) is 5.92 Å². The molecule has 0 saturated carbocycles. The van der Waals surface area contributed by atoms with Gasteiger partial charge in [-0.2, -0.15) is 15.3 Å². The van der Waals surface area contributed by atoms with Crippen molar-refractivity contribution in [1.82, 2.24) is 20.0 Å². The summed E-state index contributed by atoms with van der Waals surface area (Å²) in [6, 6.07) is 18.4. The molecule has 0 N–H and O–H groups in total. The second kappa shape index (κ2) is 9.36. The molecular formula is C27H26N4O2. The minimum Gasteiger partial charge on any atom is -0.426 e. The van der Waals surface area contributed by atoms with Crippen LogP contribution in [-0.4, -0.2) is 25.9 Å². The van der Waals surface area contributed by atoms with Crippen LogP contribution in [0.5, 0.6) is 5.75 Å². The zero-order valence-electron chi connectivity index (χ0n) is 18.6. The Morgan fingerprint density at radius 3 is 2.70 bits per heavy atom. The second-order valence-electron chi connectivity index (χ2n) is 8.61. The highest BCUT2D eigenvalue weighted by atomic mass is 16.5. The van der Waals surface area contributed by atoms with Crippen molar-refractivity contribution in [1.29, 1.82) is 0 Å². The Morgan fingerprint density at radius 2 is 1.91 bits per heavy atom. The Balaban J connectivity index is 1.35. The lowest BCUT2D eigenvalue weighted by Crippen LogP contribution is -2.20. The van der Waals surface area contributed by atoms with Crippen LogP contribution in [-0.2, 0) is 24.2 Å². The Labute approximate surface area is 193 Å². The van der Waals surface area contributed by atoms with E-state index in [1.165, 1.54) is 23.6 Å². The predicted octanol–water partition coefficient (Wildman–Crippen LogP) is 4.58. The molecule has 2 aromatic heterocycles. The van der Waals surface area contributed by atoms with Crippen LogP contribution in [0.3, 0.4) is 0 Å². The summed E-state index contributed by atoms with van der Waals surface area (Å²) >= 11 is 0. The molecule has 6 nitrogen and oxygen atoms in total. The molecule has 0 spiro atoms. The van der Waals surface area contributed by atoms with E-state index >= 15 is 0 Å². The summed E-state index contributed by atoms with van der Waals surface area (Å²) in [7, 11) is 0. The molecule has 6 heteroatoms. The number of nitrogens with zero attached hydrogens (tertiary/aromatic N) is 4. The number of rotatable bonds is 6. The molecule has 1 aliphatic rings. The molecule has 2 atom stereocenters. The summed E-state index contributed by atoms with van der Waals surface area (Å²) < 4.78 is 7.47. The third-order valence-electron chi connectivity index (χ3n) is 6.30. The third kappa shape index (κ3) is 4.70. The van der Waals surface area contributed by atoms with E-state index in [1.807, 2.05) is 36.7 Å². The first-order valence-electron chi connectivity index (χ1n) is 11.3. The number of esters is 1. The van der Waals surface area contributed by atoms with Gasteiger partial charge < -0.3 is 4.74 Å². The molecule has 33 heavy (non-hydrogen) atoms. The number of hydrogen-bond acceptors (Lipinski definition) is 5. The predicted molar refractivity (Wildman–Crippen MR) is 125 cm³/mol. The summed E-state index contributed by atoms with van der Waals surface area (Å²) in [6.45, 7) is 2.30. The third-order valence-corrected chi connectivity index (χ3v) is 6.30. The molecule has 0 fully saturated rings. The van der Waals surface area contributed by atoms with Crippen molar-refractivity contribution < 1.29 is 9.53 Å². The Hall–Kier alpha value is -3.80. The highest BCUT2D eigenvalue weighted by Gasteiger charge is 2.24. The van der Waals surface area contributed by atoms with Gasteiger partial charge in [-0.05, 0) is 59.6 Å². The van der Waals surface area contributed by atoms with Crippen LogP contribution in [0.2, 0.25) is 0 Å². The number of hydrogen-bond donors (Lipinski definition) is 0. The average molecular weight is 439 g/mol. The highest BCUT2D eigenvalue weighted by Crippen LogP contribution is 2.34. The maximum Gasteiger partial charge on any atom is 0.308 e. The monoisotopic (exact) mass is 438 g/mol. The van der Waals surface area contributed by atoms with Gasteiger partial charge in [0.2, 0.25) is 0 Å². The van der Waals surface area contributed by atoms with Crippen molar-refractivity contribution >= 4 is 5.97 Å². The summed E-state index contributed by atoms with van der Waals surface area (Å²) in [5.41, 5.74) is 5.87. The first-order valence-corrected chi connectivity index (χ1v) is 11.3. The van der Waals surface area contributed by atoms with Gasteiger partial charge in [-0.15, -0.1) is 0 Å². The summed E-state index contributed by atoms with van der Waals surface area (Å²) in [6.07, 6.45) is 10.6. The summed E-state index contributed by atoms with van der Waals surface area (Å²) in [5.74, 6) is 0.980. The SMILES string of the molecule is CC(=O)Oc1cccc2c1CCC(Cn1cc(C(c3ccccc3)c3ccnnc3)cn1)C2. The lowest BCUT2D eigenvalue weighted by molar-refractivity contribution is -0.131. The van der Waals surface area contributed by atoms with Crippen LogP contribution in [0.1, 0.15) is 47.1 Å². The standard InChI is InChI=1S/C27H26N4O2/c1-19(32)33-26-9-5-8-22-14-20(10-11-25(22)26)17-31-18-24(16-30-31)27(21-6-3-2-4-7-21)23-12-13-28-29-15-23/h2-9,12-13,15-16,18,20,27H,10-11,14,17H2,1H3. The molecule has 2 heterocycles. The van der Waals surface area contributed by atoms with Crippen molar-refractivity contribution in [2.75, 3.05) is 0 Å². The fraction of sp³-hybridized carbons (Fsp3) is 0.259. The van der Waals surface area contributed by atoms with Gasteiger partial charge in [-0.3, -0.25) is 9.48 Å². The van der Waals surface area contributed by atoms with Gasteiger partial charge in [-0.1, -0.05) is 42.5 Å². The molecule has 2 aromatic carbocycles. The molecule has 1 aliphatic carbocycles. The largest absolute Gasteiger partial charge is 0.426 e. The number of aromatic nitrogens is 4. The Morgan fingerprint density at radius 1 is 1.03 bits per heavy atom. The molecule has 166 valence electrons. The number of carbonyl (C=O) groups is 1. The maximum absolute atomic E-state index is 11.4. The van der Waals surface area contributed by atoms with Gasteiger partial charge in [0.05, 0.1) is 12.4 Å². The molecule has 5 rings (SSSR count). The number of ether oxygens (including phenoxy) is 1. The van der Waals surface area contributed by atoms with Gasteiger partial charge in [0.25, 0.3) is 0 Å². The summed E-state index contributed by atoms with van der Waals surface area (Å²) in [4.78, 5) is 11.4. The average Bonchev–Trinajstić information content (AvgIpc) is 3.28. The minimum absolute atomic E-state index is 0.0637. The Kier molecular flexibility index (Phi) is 5.98. The van der Waals surface area contributed by atoms with Crippen molar-refractivity contribution in [3.8, 4) is 5.75 Å². The van der Waals surface area contributed by atoms with Crippen LogP contribution in [0.25, 0.3) is 0 Å². The van der Waals surface area contributed by atoms with E-state index in [9.17, 15) is 4.79 Å². The van der Waals surface area contributed by atoms with Gasteiger partial charge in [-0.25, -0.2) is 0 Å². The number of fused-ring (bicyclic) bond motifs is 1. The number of benzene rings is 2. The quantitative estimate of drug-likeness (QED) is 0.325. The zero-order chi connectivity index (χ0) is 22.6. The fourth-order valence-electron chi connectivity index (χ4n) is 4.84. The molecule has 0 amide bonds. The minimum atomic E-state index is -0.271. The van der Waals surface area contributed by atoms with E-state index in [0.29, 0.717) is 11.7 Å². The molecule has 4 aromatic rings. The zero-order valence-corrected chi connectivity index (χ0v) is 18.6. The maximum atomic E-state index is 11.4. The summed E-state index contributed by atoms with van der Waals surface area (Å²) in [5, 5.41) is 12.7. The van der Waals surface area contributed by atoms with E-state index in [-0.39, 0.29) is 11.9 Å². The first-order chi connectivity index (χ1) is 16.2. The smallest absolute Gasteiger partial charge is 0.308 e. The first kappa shape index (κ1) is 21.1. The van der Waals surface area contributed by atoms with Crippen LogP contribution in [0.4, 0.5) is 0 Å². The second-order valence-corrected chi connectivity index (χ2v) is 8.61. The molecule has 0 aliphatic heterocycles. The van der Waals surface area contributed by atoms with Crippen LogP contribution in [0, 0.1) is 5.92 Å². The molecule has 2 unspecified atom stereocenters. The van der Waals surface area contributed by atoms with Gasteiger partial charge in [0.15, 0.2) is 0 Å². The van der Waals surface area contributed by atoms with Gasteiger partial charge in [0, 0.05) is 37.3 Å². The molecular weight excluding hydrogens is 412 g/mol. The molecule has 0 saturated heterocycles.